The molecule has 6 saturated heterocycles. The maximum atomic E-state index is 12.6. The van der Waals surface area contributed by atoms with E-state index in [4.69, 9.17) is 47.3 Å². The molecule has 6 fully saturated rings. The molecule has 137 heavy (non-hydrogen) atoms. The Balaban J connectivity index is 0.000000257. The third-order valence-corrected chi connectivity index (χ3v) is 27.0. The molecule has 6 aliphatic heterocycles. The summed E-state index contributed by atoms with van der Waals surface area (Å²) in [6, 6.07) is 6.81. The van der Waals surface area contributed by atoms with Crippen LogP contribution in [0, 0.1) is 0 Å². The van der Waals surface area contributed by atoms with Crippen molar-refractivity contribution in [2.45, 2.75) is 389 Å². The van der Waals surface area contributed by atoms with Crippen LogP contribution >= 0.6 is 15.6 Å². The Hall–Kier alpha value is -6.94. The number of piperidine rings is 1. The van der Waals surface area contributed by atoms with E-state index in [1.165, 1.54) is 210 Å². The van der Waals surface area contributed by atoms with Crippen LogP contribution < -0.4 is 22.8 Å². The Labute approximate surface area is 805 Å². The first kappa shape index (κ1) is 117. The summed E-state index contributed by atoms with van der Waals surface area (Å²) in [4.78, 5) is 110. The molecular formula is C93H160N16O26P2. The second-order valence-corrected chi connectivity index (χ2v) is 39.1. The van der Waals surface area contributed by atoms with Gasteiger partial charge in [0.15, 0.2) is 48.2 Å². The molecule has 20 atom stereocenters. The van der Waals surface area contributed by atoms with Crippen molar-refractivity contribution in [1.29, 1.82) is 0 Å². The van der Waals surface area contributed by atoms with Crippen LogP contribution in [-0.4, -0.2) is 309 Å². The van der Waals surface area contributed by atoms with E-state index < -0.39 is 163 Å². The predicted octanol–water partition coefficient (Wildman–Crippen LogP) is 10.1. The Bertz CT molecular complexity index is 4500. The fourth-order valence-corrected chi connectivity index (χ4v) is 18.2. The van der Waals surface area contributed by atoms with Crippen molar-refractivity contribution in [3.05, 3.63) is 91.0 Å². The van der Waals surface area contributed by atoms with Crippen LogP contribution in [0.25, 0.3) is 0 Å². The number of hydrogen-bond acceptors (Lipinski definition) is 32. The van der Waals surface area contributed by atoms with E-state index >= 15 is 0 Å². The van der Waals surface area contributed by atoms with Crippen molar-refractivity contribution in [3.8, 4) is 0 Å². The molecule has 0 bridgehead atoms. The minimum Gasteiger partial charge on any atom is -0.394 e. The number of phosphoric ester groups is 2. The van der Waals surface area contributed by atoms with Crippen LogP contribution in [0.2, 0.25) is 0 Å². The van der Waals surface area contributed by atoms with Gasteiger partial charge in [0.05, 0.1) is 65.0 Å². The number of aromatic nitrogens is 8. The molecule has 0 amide bonds. The zero-order valence-corrected chi connectivity index (χ0v) is 83.5. The third-order valence-electron chi connectivity index (χ3n) is 25.0. The molecule has 10 rings (SSSR count). The van der Waals surface area contributed by atoms with Gasteiger partial charge in [0.25, 0.3) is 0 Å². The van der Waals surface area contributed by atoms with Crippen molar-refractivity contribution in [1.82, 2.24) is 57.8 Å². The van der Waals surface area contributed by atoms with E-state index in [-0.39, 0.29) is 36.5 Å². The third kappa shape index (κ3) is 40.8. The molecular weight excluding hydrogens is 1820 g/mol. The number of aliphatic hydroxyl groups excluding tert-OH is 10. The highest BCUT2D eigenvalue weighted by Gasteiger charge is 2.49. The van der Waals surface area contributed by atoms with Crippen LogP contribution in [0.1, 0.15) is 304 Å². The summed E-state index contributed by atoms with van der Waals surface area (Å²) < 4.78 is 70.9. The van der Waals surface area contributed by atoms with Crippen molar-refractivity contribution in [2.24, 2.45) is 20.0 Å². The smallest absolute Gasteiger partial charge is 0.394 e. The van der Waals surface area contributed by atoms with E-state index in [1.807, 2.05) is 18.7 Å². The number of hydrogen-bond donors (Lipinski definition) is 12. The number of ether oxygens (including phenoxy) is 4. The number of rotatable bonds is 58. The lowest BCUT2D eigenvalue weighted by atomic mass is 9.98. The van der Waals surface area contributed by atoms with E-state index in [9.17, 15) is 78.9 Å². The monoisotopic (exact) mass is 1980 g/mol. The molecule has 778 valence electrons. The minimum absolute atomic E-state index is 0.0786. The number of aliphatic hydroxyl groups is 10. The maximum absolute atomic E-state index is 12.6. The van der Waals surface area contributed by atoms with Crippen molar-refractivity contribution < 1.29 is 107 Å². The molecule has 0 aliphatic carbocycles. The second kappa shape index (κ2) is 63.9. The fraction of sp³-hybridized carbons (Fsp3) is 0.785. The molecule has 0 aromatic carbocycles. The number of nitrogens with zero attached hydrogens (tertiary/aromatic N) is 16. The van der Waals surface area contributed by atoms with Gasteiger partial charge < -0.3 is 99.4 Å². The Kier molecular flexibility index (Phi) is 54.5. The van der Waals surface area contributed by atoms with Gasteiger partial charge in [-0.05, 0) is 96.9 Å². The van der Waals surface area contributed by atoms with Crippen LogP contribution in [0.15, 0.2) is 88.2 Å². The molecule has 0 radical (unpaired) electrons. The van der Waals surface area contributed by atoms with Crippen molar-refractivity contribution >= 4 is 64.3 Å². The zero-order valence-electron chi connectivity index (χ0n) is 81.7. The van der Waals surface area contributed by atoms with E-state index in [0.717, 1.165) is 109 Å². The molecule has 4 aromatic rings. The van der Waals surface area contributed by atoms with E-state index in [2.05, 4.69) is 77.4 Å². The summed E-state index contributed by atoms with van der Waals surface area (Å²) in [6.45, 7) is 14.4. The number of phosphoric acid groups is 2. The Morgan fingerprint density at radius 1 is 0.387 bits per heavy atom. The quantitative estimate of drug-likeness (QED) is 0.00846. The summed E-state index contributed by atoms with van der Waals surface area (Å²) in [6.07, 6.45) is 37.3. The lowest BCUT2D eigenvalue weighted by molar-refractivity contribution is -0.0551. The SMILES string of the molecule is CC1CCCC(C)N1C=Nc1ccn([C@@H]2O[C@H](CO)[C@H](O)C2O)c(=O)n1.CCCCCCCCCCCCCCCCCCOP(=O)(O)OC[C@H]1O[C@@H](n2ccc(N=CN(C)C)nc2=O)C(O)[C@H]1O.CCCCCCCCCCCCCCCCCCOP(=O)(O)OC[C@H]1O[C@@H](n2ccc(N=CN(CC)CC)nc2=O)C(O)[C@H]1O.O=c1nc(N=CN2CCCC2)ccn1[C@@H]1O[C@H](CO)[C@H](O)C1O. The molecule has 12 N–H and O–H groups in total. The summed E-state index contributed by atoms with van der Waals surface area (Å²) in [5.41, 5.74) is -2.75. The lowest BCUT2D eigenvalue weighted by Crippen LogP contribution is -2.42. The van der Waals surface area contributed by atoms with Gasteiger partial charge in [-0.15, -0.1) is 0 Å². The van der Waals surface area contributed by atoms with E-state index in [0.29, 0.717) is 24.9 Å². The molecule has 0 spiro atoms. The summed E-state index contributed by atoms with van der Waals surface area (Å²) >= 11 is 0. The minimum atomic E-state index is -4.38. The lowest BCUT2D eigenvalue weighted by Gasteiger charge is -2.37. The fourth-order valence-electron chi connectivity index (χ4n) is 16.7. The first-order valence-electron chi connectivity index (χ1n) is 49.9. The van der Waals surface area contributed by atoms with Crippen LogP contribution in [-0.2, 0) is 46.2 Å². The molecule has 42 nitrogen and oxygen atoms in total. The van der Waals surface area contributed by atoms with Gasteiger partial charge in [0.2, 0.25) is 0 Å². The molecule has 8 unspecified atom stereocenters. The van der Waals surface area contributed by atoms with Crippen molar-refractivity contribution in [2.75, 3.05) is 79.9 Å². The van der Waals surface area contributed by atoms with Crippen LogP contribution in [0.5, 0.6) is 0 Å². The van der Waals surface area contributed by atoms with E-state index in [1.54, 1.807) is 44.1 Å². The Morgan fingerprint density at radius 3 is 0.949 bits per heavy atom. The highest BCUT2D eigenvalue weighted by atomic mass is 31.2. The topological polar surface area (TPSA) is 553 Å². The van der Waals surface area contributed by atoms with Gasteiger partial charge in [-0.1, -0.05) is 206 Å². The van der Waals surface area contributed by atoms with Gasteiger partial charge in [-0.25, -0.2) is 48.3 Å². The predicted molar refractivity (Wildman–Crippen MR) is 519 cm³/mol. The maximum Gasteiger partial charge on any atom is 0.472 e. The summed E-state index contributed by atoms with van der Waals surface area (Å²) in [5.74, 6) is 0.900. The number of likely N-dealkylation sites (tertiary alicyclic amines) is 2. The van der Waals surface area contributed by atoms with Crippen LogP contribution in [0.4, 0.5) is 23.3 Å². The van der Waals surface area contributed by atoms with Gasteiger partial charge in [0, 0.05) is 77.1 Å². The van der Waals surface area contributed by atoms with Gasteiger partial charge in [-0.2, -0.15) is 19.9 Å². The normalized spacial score (nSPS) is 25.9. The standard InChI is InChI=1S/C32H59N4O8P.C30H55N4O8P.C17H26N4O5.C14H20N4O5/c1-4-7-8-9-10-11-12-13-14-15-16-17-18-19-20-21-24-42-45(40,41)43-25-27-29(37)30(38)31(44-27)36-23-22-28(34-32(36)39)33-26-35(5-2)6-3;1-4-5-6-7-8-9-10-11-12-13-14-15-16-17-18-19-22-40-43(38,39)41-23-25-27(35)28(36)29(42-25)34-21-20-26(32-30(34)37)31-24-33(2)3;1-10-4-3-5-11(2)21(10)9-18-13-6-7-20(17(25)19-13)16-15(24)14(23)12(8-22)26-16;19-7-9-11(20)12(21)13(23-9)18-6-3-10(16-14(18)22)15-8-17-4-1-2-5-17/h22-23,26-27,29-31,37-38H,4-21,24-25H2,1-3H3,(H,40,41);20-21,24-25,27-29,35-36H,4-19,22-23H2,1-3H3,(H,38,39);6-7,9-12,14-16,22-24H,3-5,8H2,1-2H3;3,6,8-9,11-13,19-21H,1-2,4-5,7H2/t27-,29+,30?,31-;25-,27+,28?,29-;10?,11?,12-,14+,15?,16-;9-,11+,12?,13-/m1111/s1. The second-order valence-electron chi connectivity index (χ2n) is 36.2. The average Bonchev–Trinajstić information content (AvgIpc) is 1.71. The van der Waals surface area contributed by atoms with Gasteiger partial charge in [-0.3, -0.25) is 36.4 Å². The first-order chi connectivity index (χ1) is 65.9. The molecule has 44 heteroatoms. The number of unbranched alkanes of at least 4 members (excludes halogenated alkanes) is 30. The molecule has 10 heterocycles. The highest BCUT2D eigenvalue weighted by molar-refractivity contribution is 7.47. The van der Waals surface area contributed by atoms with Gasteiger partial charge in [0.1, 0.15) is 73.2 Å². The first-order valence-corrected chi connectivity index (χ1v) is 52.8. The zero-order chi connectivity index (χ0) is 99.7. The largest absolute Gasteiger partial charge is 0.472 e. The van der Waals surface area contributed by atoms with Crippen molar-refractivity contribution in [3.63, 3.8) is 0 Å². The van der Waals surface area contributed by atoms with Gasteiger partial charge >= 0.3 is 38.4 Å². The average molecular weight is 1980 g/mol. The summed E-state index contributed by atoms with van der Waals surface area (Å²) in [5, 5.41) is 99.5. The molecule has 4 aromatic heterocycles. The van der Waals surface area contributed by atoms with Crippen LogP contribution in [0.3, 0.4) is 0 Å². The molecule has 6 aliphatic rings. The number of aliphatic imine (C=N–C) groups is 4. The summed E-state index contributed by atoms with van der Waals surface area (Å²) in [7, 11) is -5.22. The molecule has 0 saturated carbocycles. The Morgan fingerprint density at radius 2 is 0.664 bits per heavy atom. The highest BCUT2D eigenvalue weighted by Crippen LogP contribution is 2.46.